The van der Waals surface area contributed by atoms with Crippen LogP contribution in [0.3, 0.4) is 0 Å². The van der Waals surface area contributed by atoms with Crippen LogP contribution >= 0.6 is 11.3 Å². The molecule has 0 aliphatic heterocycles. The highest BCUT2D eigenvalue weighted by molar-refractivity contribution is 7.16. The van der Waals surface area contributed by atoms with Crippen molar-refractivity contribution in [2.75, 3.05) is 13.2 Å². The van der Waals surface area contributed by atoms with E-state index in [1.54, 1.807) is 4.57 Å². The molecule has 2 unspecified atom stereocenters. The van der Waals surface area contributed by atoms with E-state index >= 15 is 4.39 Å². The lowest BCUT2D eigenvalue weighted by molar-refractivity contribution is 0.180. The monoisotopic (exact) mass is 599 g/mol. The molecule has 42 heavy (non-hydrogen) atoms. The molecule has 2 aromatic heterocycles. The van der Waals surface area contributed by atoms with Gasteiger partial charge in [0.15, 0.2) is 0 Å². The minimum Gasteiger partial charge on any atom is -0.404 e. The van der Waals surface area contributed by atoms with Crippen LogP contribution in [0, 0.1) is 0 Å². The molecular weight excluding hydrogens is 562 g/mol. The van der Waals surface area contributed by atoms with Gasteiger partial charge in [-0.1, -0.05) is 112 Å². The van der Waals surface area contributed by atoms with Crippen molar-refractivity contribution in [3.63, 3.8) is 0 Å². The lowest BCUT2D eigenvalue weighted by atomic mass is 10.2. The maximum atomic E-state index is 15.7. The van der Waals surface area contributed by atoms with Gasteiger partial charge in [-0.3, -0.25) is 9.36 Å². The Hall–Kier alpha value is -3.43. The molecule has 0 spiro atoms. The Balaban J connectivity index is 1.36. The summed E-state index contributed by atoms with van der Waals surface area (Å²) in [5.74, 6) is 0.596. The lowest BCUT2D eigenvalue weighted by Gasteiger charge is -2.43. The van der Waals surface area contributed by atoms with Gasteiger partial charge in [0.05, 0.1) is 24.6 Å². The van der Waals surface area contributed by atoms with Gasteiger partial charge in [-0.2, -0.15) is 0 Å². The van der Waals surface area contributed by atoms with E-state index in [0.29, 0.717) is 22.6 Å². The average Bonchev–Trinajstić information content (AvgIpc) is 3.48. The van der Waals surface area contributed by atoms with Crippen LogP contribution in [-0.4, -0.2) is 37.2 Å². The van der Waals surface area contributed by atoms with E-state index in [1.807, 2.05) is 85.1 Å². The third kappa shape index (κ3) is 6.17. The van der Waals surface area contributed by atoms with Crippen LogP contribution in [0.4, 0.5) is 4.39 Å². The zero-order valence-electron chi connectivity index (χ0n) is 24.6. The van der Waals surface area contributed by atoms with Gasteiger partial charge in [-0.05, 0) is 39.3 Å². The number of fused-ring (bicyclic) bond motifs is 1. The van der Waals surface area contributed by atoms with Crippen LogP contribution in [0.25, 0.3) is 10.2 Å². The first-order valence-electron chi connectivity index (χ1n) is 14.3. The maximum absolute atomic E-state index is 15.7. The third-order valence-corrected chi connectivity index (χ3v) is 13.5. The number of benzene rings is 3. The van der Waals surface area contributed by atoms with Crippen LogP contribution < -0.4 is 21.2 Å². The molecular formula is C34H38FN3O2SSi. The molecule has 0 aliphatic carbocycles. The van der Waals surface area contributed by atoms with E-state index in [4.69, 9.17) is 9.41 Å². The summed E-state index contributed by atoms with van der Waals surface area (Å²) in [6.45, 7) is 8.92. The van der Waals surface area contributed by atoms with Crippen LogP contribution in [0.15, 0.2) is 107 Å². The van der Waals surface area contributed by atoms with E-state index in [2.05, 4.69) is 50.4 Å². The Labute approximate surface area is 252 Å². The highest BCUT2D eigenvalue weighted by Gasteiger charge is 2.50. The summed E-state index contributed by atoms with van der Waals surface area (Å²) >= 11 is 1.44. The average molecular weight is 600 g/mol. The molecule has 3 aromatic carbocycles. The summed E-state index contributed by atoms with van der Waals surface area (Å²) in [5.41, 5.74) is 0.923. The summed E-state index contributed by atoms with van der Waals surface area (Å²) < 4.78 is 24.2. The fraction of sp³-hybridized carbons (Fsp3) is 0.294. The second-order valence-corrected chi connectivity index (χ2v) is 16.9. The topological polar surface area (TPSA) is 56.1 Å². The number of aromatic nitrogens is 2. The summed E-state index contributed by atoms with van der Waals surface area (Å²) in [4.78, 5) is 19.0. The van der Waals surface area contributed by atoms with Gasteiger partial charge in [0.1, 0.15) is 16.8 Å². The number of alkyl halides is 1. The van der Waals surface area contributed by atoms with Gasteiger partial charge < -0.3 is 9.74 Å². The van der Waals surface area contributed by atoms with Gasteiger partial charge in [-0.15, -0.1) is 11.3 Å². The fourth-order valence-corrected chi connectivity index (χ4v) is 11.0. The van der Waals surface area contributed by atoms with Crippen molar-refractivity contribution in [3.8, 4) is 0 Å². The molecule has 0 amide bonds. The Morgan fingerprint density at radius 1 is 0.929 bits per heavy atom. The molecule has 2 heterocycles. The lowest BCUT2D eigenvalue weighted by Crippen LogP contribution is -2.67. The molecule has 0 radical (unpaired) electrons. The molecule has 5 aromatic rings. The van der Waals surface area contributed by atoms with E-state index in [9.17, 15) is 4.79 Å². The van der Waals surface area contributed by atoms with Crippen LogP contribution in [-0.2, 0) is 11.0 Å². The first kappa shape index (κ1) is 30.0. The number of nitrogens with zero attached hydrogens (tertiary/aromatic N) is 2. The van der Waals surface area contributed by atoms with Gasteiger partial charge in [0.2, 0.25) is 0 Å². The van der Waals surface area contributed by atoms with E-state index in [1.165, 1.54) is 11.3 Å². The van der Waals surface area contributed by atoms with Crippen LogP contribution in [0.1, 0.15) is 45.1 Å². The van der Waals surface area contributed by atoms with Crippen molar-refractivity contribution >= 4 is 40.2 Å². The van der Waals surface area contributed by atoms with Crippen molar-refractivity contribution < 1.29 is 8.82 Å². The Morgan fingerprint density at radius 2 is 1.50 bits per heavy atom. The zero-order chi connectivity index (χ0) is 29.7. The SMILES string of the molecule is CC(NCC(F)CO[Si](c1ccccc1)(c1ccccc1)C(C)(C)C)c1nc2sccc2c(=O)n1Cc1ccccc1. The van der Waals surface area contributed by atoms with Crippen molar-refractivity contribution in [1.82, 2.24) is 14.9 Å². The summed E-state index contributed by atoms with van der Waals surface area (Å²) in [7, 11) is -2.84. The van der Waals surface area contributed by atoms with Gasteiger partial charge in [0, 0.05) is 6.54 Å². The predicted octanol–water partition coefficient (Wildman–Crippen LogP) is 6.07. The number of hydrogen-bond donors (Lipinski definition) is 1. The molecule has 5 rings (SSSR count). The molecule has 2 atom stereocenters. The molecule has 218 valence electrons. The highest BCUT2D eigenvalue weighted by atomic mass is 32.1. The smallest absolute Gasteiger partial charge is 0.262 e. The van der Waals surface area contributed by atoms with Crippen molar-refractivity contribution in [3.05, 3.63) is 124 Å². The maximum Gasteiger partial charge on any atom is 0.262 e. The Bertz CT molecular complexity index is 1610. The Kier molecular flexibility index (Phi) is 9.18. The molecule has 0 aliphatic rings. The first-order valence-corrected chi connectivity index (χ1v) is 17.1. The molecule has 0 bridgehead atoms. The van der Waals surface area contributed by atoms with Crippen molar-refractivity contribution in [2.24, 2.45) is 0 Å². The quantitative estimate of drug-likeness (QED) is 0.187. The largest absolute Gasteiger partial charge is 0.404 e. The fourth-order valence-electron chi connectivity index (χ4n) is 5.65. The van der Waals surface area contributed by atoms with Crippen molar-refractivity contribution in [2.45, 2.75) is 51.5 Å². The predicted molar refractivity (Wildman–Crippen MR) is 174 cm³/mol. The first-order chi connectivity index (χ1) is 20.2. The number of nitrogens with one attached hydrogen (secondary N) is 1. The van der Waals surface area contributed by atoms with Gasteiger partial charge in [0.25, 0.3) is 13.9 Å². The highest BCUT2D eigenvalue weighted by Crippen LogP contribution is 2.37. The van der Waals surface area contributed by atoms with E-state index in [0.717, 1.165) is 15.9 Å². The van der Waals surface area contributed by atoms with Crippen molar-refractivity contribution in [1.29, 1.82) is 0 Å². The Morgan fingerprint density at radius 3 is 2.07 bits per heavy atom. The van der Waals surface area contributed by atoms with Gasteiger partial charge in [-0.25, -0.2) is 9.37 Å². The van der Waals surface area contributed by atoms with Crippen LogP contribution in [0.2, 0.25) is 5.04 Å². The zero-order valence-corrected chi connectivity index (χ0v) is 26.4. The molecule has 0 saturated carbocycles. The van der Waals surface area contributed by atoms with Crippen LogP contribution in [0.5, 0.6) is 0 Å². The molecule has 0 saturated heterocycles. The minimum atomic E-state index is -2.84. The third-order valence-electron chi connectivity index (χ3n) is 7.73. The minimum absolute atomic E-state index is 0.0405. The molecule has 1 N–H and O–H groups in total. The molecule has 5 nitrogen and oxygen atoms in total. The van der Waals surface area contributed by atoms with E-state index < -0.39 is 14.5 Å². The van der Waals surface area contributed by atoms with E-state index in [-0.39, 0.29) is 29.8 Å². The summed E-state index contributed by atoms with van der Waals surface area (Å²) in [6, 6.07) is 31.8. The summed E-state index contributed by atoms with van der Waals surface area (Å²) in [5, 5.41) is 7.80. The molecule has 0 fully saturated rings. The second-order valence-electron chi connectivity index (χ2n) is 11.7. The number of halogens is 1. The summed E-state index contributed by atoms with van der Waals surface area (Å²) in [6.07, 6.45) is -1.26. The second kappa shape index (κ2) is 12.8. The standard InChI is InChI=1S/C34H38FN3O2SSi/c1-25(31-37-32-30(20-21-41-32)33(39)38(31)23-26-14-8-5-9-15-26)36-22-27(35)24-40-42(34(2,3)4,28-16-10-6-11-17-28)29-18-12-7-13-19-29/h5-21,25,27,36H,22-24H2,1-4H3. The molecule has 8 heteroatoms. The normalized spacial score (nSPS) is 13.7. The number of rotatable bonds is 11. The van der Waals surface area contributed by atoms with Gasteiger partial charge >= 0.3 is 0 Å². The number of thiophene rings is 1. The number of hydrogen-bond acceptors (Lipinski definition) is 5.